The highest BCUT2D eigenvalue weighted by molar-refractivity contribution is 5.83. The predicted molar refractivity (Wildman–Crippen MR) is 110 cm³/mol. The Balaban J connectivity index is 1.57. The number of aromatic nitrogens is 1. The molecule has 2 aromatic heterocycles. The number of pyridine rings is 1. The fourth-order valence-corrected chi connectivity index (χ4v) is 3.68. The molecule has 3 aromatic rings. The molecule has 1 aromatic carbocycles. The number of benzene rings is 1. The van der Waals surface area contributed by atoms with Crippen molar-refractivity contribution in [3.63, 3.8) is 0 Å². The molecule has 1 fully saturated rings. The van der Waals surface area contributed by atoms with Crippen molar-refractivity contribution < 1.29 is 34.3 Å². The minimum atomic E-state index is -1.47. The highest BCUT2D eigenvalue weighted by Gasteiger charge is 2.43. The first-order valence-corrected chi connectivity index (χ1v) is 9.83. The second-order valence-corrected chi connectivity index (χ2v) is 7.41. The SMILES string of the molecule is Cc1oc2cc(OCC3OC(CO)C(O)C(O)C3O)ccc2c(=O)c1-c1ccccn1. The Labute approximate surface area is 177 Å². The van der Waals surface area contributed by atoms with Gasteiger partial charge in [-0.25, -0.2) is 0 Å². The summed E-state index contributed by atoms with van der Waals surface area (Å²) in [5.41, 5.74) is 1.04. The zero-order valence-electron chi connectivity index (χ0n) is 16.7. The van der Waals surface area contributed by atoms with Crippen LogP contribution >= 0.6 is 0 Å². The summed E-state index contributed by atoms with van der Waals surface area (Å²) < 4.78 is 16.9. The quantitative estimate of drug-likeness (QED) is 0.453. The smallest absolute Gasteiger partial charge is 0.202 e. The minimum Gasteiger partial charge on any atom is -0.491 e. The summed E-state index contributed by atoms with van der Waals surface area (Å²) in [6.45, 7) is 1.02. The van der Waals surface area contributed by atoms with Gasteiger partial charge < -0.3 is 34.3 Å². The summed E-state index contributed by atoms with van der Waals surface area (Å²) in [6, 6.07) is 10.0. The van der Waals surface area contributed by atoms with Gasteiger partial charge in [-0.2, -0.15) is 0 Å². The Hall–Kier alpha value is -2.82. The molecule has 0 spiro atoms. The maximum atomic E-state index is 13.0. The van der Waals surface area contributed by atoms with Crippen LogP contribution in [0.5, 0.6) is 5.75 Å². The summed E-state index contributed by atoms with van der Waals surface area (Å²) in [5.74, 6) is 0.778. The van der Waals surface area contributed by atoms with Crippen LogP contribution < -0.4 is 10.2 Å². The van der Waals surface area contributed by atoms with Gasteiger partial charge in [0.2, 0.25) is 5.43 Å². The van der Waals surface area contributed by atoms with Crippen molar-refractivity contribution >= 4 is 11.0 Å². The van der Waals surface area contributed by atoms with E-state index in [2.05, 4.69) is 4.98 Å². The third-order valence-corrected chi connectivity index (χ3v) is 5.37. The van der Waals surface area contributed by atoms with E-state index in [-0.39, 0.29) is 12.0 Å². The zero-order chi connectivity index (χ0) is 22.1. The molecule has 5 unspecified atom stereocenters. The van der Waals surface area contributed by atoms with E-state index in [0.29, 0.717) is 33.7 Å². The van der Waals surface area contributed by atoms with Crippen LogP contribution in [-0.2, 0) is 4.74 Å². The lowest BCUT2D eigenvalue weighted by Crippen LogP contribution is -2.59. The first-order valence-electron chi connectivity index (χ1n) is 9.83. The summed E-state index contributed by atoms with van der Waals surface area (Å²) in [7, 11) is 0. The monoisotopic (exact) mass is 429 g/mol. The van der Waals surface area contributed by atoms with Gasteiger partial charge >= 0.3 is 0 Å². The fourth-order valence-electron chi connectivity index (χ4n) is 3.68. The van der Waals surface area contributed by atoms with Gasteiger partial charge in [-0.3, -0.25) is 9.78 Å². The third kappa shape index (κ3) is 4.06. The first kappa shape index (κ1) is 21.4. The molecule has 1 saturated heterocycles. The molecular formula is C22H23NO8. The summed E-state index contributed by atoms with van der Waals surface area (Å²) in [4.78, 5) is 17.2. The lowest BCUT2D eigenvalue weighted by Gasteiger charge is -2.39. The average molecular weight is 429 g/mol. The van der Waals surface area contributed by atoms with Crippen molar-refractivity contribution in [2.75, 3.05) is 13.2 Å². The van der Waals surface area contributed by atoms with Gasteiger partial charge in [0.15, 0.2) is 0 Å². The standard InChI is InChI=1S/C22H23NO8/c1-11-18(14-4-2-3-7-23-14)19(25)13-6-5-12(8-15(13)30-11)29-10-17-21(27)22(28)20(26)16(9-24)31-17/h2-8,16-17,20-22,24,26-28H,9-10H2,1H3. The van der Waals surface area contributed by atoms with Crippen LogP contribution in [0.3, 0.4) is 0 Å². The molecule has 0 aliphatic carbocycles. The highest BCUT2D eigenvalue weighted by Crippen LogP contribution is 2.26. The molecule has 4 N–H and O–H groups in total. The van der Waals surface area contributed by atoms with Crippen molar-refractivity contribution in [3.8, 4) is 17.0 Å². The Kier molecular flexibility index (Phi) is 6.03. The lowest BCUT2D eigenvalue weighted by molar-refractivity contribution is -0.234. The number of aliphatic hydroxyl groups excluding tert-OH is 4. The average Bonchev–Trinajstić information content (AvgIpc) is 2.77. The number of rotatable bonds is 5. The second-order valence-electron chi connectivity index (χ2n) is 7.41. The van der Waals surface area contributed by atoms with E-state index in [4.69, 9.17) is 13.9 Å². The molecule has 3 heterocycles. The summed E-state index contributed by atoms with van der Waals surface area (Å²) in [6.07, 6.45) is -4.65. The summed E-state index contributed by atoms with van der Waals surface area (Å²) in [5, 5.41) is 39.5. The predicted octanol–water partition coefficient (Wildman–Crippen LogP) is 0.385. The van der Waals surface area contributed by atoms with Crippen LogP contribution in [0.2, 0.25) is 0 Å². The fraction of sp³-hybridized carbons (Fsp3) is 0.364. The highest BCUT2D eigenvalue weighted by atomic mass is 16.6. The van der Waals surface area contributed by atoms with Crippen LogP contribution in [0, 0.1) is 6.92 Å². The van der Waals surface area contributed by atoms with Gasteiger partial charge in [0, 0.05) is 12.3 Å². The molecule has 1 aliphatic rings. The largest absolute Gasteiger partial charge is 0.491 e. The van der Waals surface area contributed by atoms with Crippen molar-refractivity contribution in [1.29, 1.82) is 0 Å². The number of hydrogen-bond acceptors (Lipinski definition) is 9. The van der Waals surface area contributed by atoms with Crippen LogP contribution in [0.1, 0.15) is 5.76 Å². The van der Waals surface area contributed by atoms with Gasteiger partial charge in [0.25, 0.3) is 0 Å². The molecule has 5 atom stereocenters. The van der Waals surface area contributed by atoms with Crippen molar-refractivity contribution in [3.05, 3.63) is 58.6 Å². The molecule has 0 amide bonds. The molecule has 0 saturated carbocycles. The van der Waals surface area contributed by atoms with Crippen LogP contribution in [0.4, 0.5) is 0 Å². The molecular weight excluding hydrogens is 406 g/mol. The minimum absolute atomic E-state index is 0.151. The van der Waals surface area contributed by atoms with Gasteiger partial charge in [-0.1, -0.05) is 6.07 Å². The first-order chi connectivity index (χ1) is 14.9. The second kappa shape index (κ2) is 8.74. The van der Waals surface area contributed by atoms with Crippen LogP contribution in [0.15, 0.2) is 51.8 Å². The number of fused-ring (bicyclic) bond motifs is 1. The number of nitrogens with zero attached hydrogens (tertiary/aromatic N) is 1. The molecule has 31 heavy (non-hydrogen) atoms. The topological polar surface area (TPSA) is 142 Å². The third-order valence-electron chi connectivity index (χ3n) is 5.37. The van der Waals surface area contributed by atoms with E-state index in [9.17, 15) is 25.2 Å². The normalized spacial score (nSPS) is 26.2. The molecule has 164 valence electrons. The lowest BCUT2D eigenvalue weighted by atomic mass is 9.95. The van der Waals surface area contributed by atoms with E-state index in [1.807, 2.05) is 0 Å². The van der Waals surface area contributed by atoms with Crippen LogP contribution in [0.25, 0.3) is 22.2 Å². The van der Waals surface area contributed by atoms with Crippen molar-refractivity contribution in [2.24, 2.45) is 0 Å². The molecule has 4 rings (SSSR count). The van der Waals surface area contributed by atoms with Crippen LogP contribution in [-0.4, -0.2) is 69.1 Å². The summed E-state index contributed by atoms with van der Waals surface area (Å²) >= 11 is 0. The van der Waals surface area contributed by atoms with E-state index in [0.717, 1.165) is 0 Å². The molecule has 9 nitrogen and oxygen atoms in total. The van der Waals surface area contributed by atoms with E-state index in [1.165, 1.54) is 0 Å². The number of aryl methyl sites for hydroxylation is 1. The molecule has 0 radical (unpaired) electrons. The van der Waals surface area contributed by atoms with E-state index >= 15 is 0 Å². The van der Waals surface area contributed by atoms with Crippen molar-refractivity contribution in [2.45, 2.75) is 37.4 Å². The Morgan fingerprint density at radius 1 is 1.06 bits per heavy atom. The number of hydrogen-bond donors (Lipinski definition) is 4. The van der Waals surface area contributed by atoms with E-state index in [1.54, 1.807) is 49.5 Å². The van der Waals surface area contributed by atoms with Gasteiger partial charge in [-0.15, -0.1) is 0 Å². The van der Waals surface area contributed by atoms with Gasteiger partial charge in [0.1, 0.15) is 54.2 Å². The Morgan fingerprint density at radius 2 is 1.84 bits per heavy atom. The Bertz CT molecular complexity index is 1110. The molecule has 0 bridgehead atoms. The maximum absolute atomic E-state index is 13.0. The van der Waals surface area contributed by atoms with Gasteiger partial charge in [-0.05, 0) is 31.2 Å². The zero-order valence-corrected chi connectivity index (χ0v) is 16.7. The Morgan fingerprint density at radius 3 is 2.55 bits per heavy atom. The number of ether oxygens (including phenoxy) is 2. The van der Waals surface area contributed by atoms with Gasteiger partial charge in [0.05, 0.1) is 23.3 Å². The maximum Gasteiger partial charge on any atom is 0.202 e. The van der Waals surface area contributed by atoms with E-state index < -0.39 is 37.1 Å². The van der Waals surface area contributed by atoms with Crippen molar-refractivity contribution in [1.82, 2.24) is 4.98 Å². The molecule has 1 aliphatic heterocycles. The molecule has 9 heteroatoms. The number of aliphatic hydroxyl groups is 4.